The maximum Gasteiger partial charge on any atom is 0.330 e. The fraction of sp³-hybridized carbons (Fsp3) is 0.278. The number of nitrogens with one attached hydrogen (secondary N) is 2. The summed E-state index contributed by atoms with van der Waals surface area (Å²) in [4.78, 5) is 35.2. The number of carbonyl (C=O) groups excluding carboxylic acids is 2. The van der Waals surface area contributed by atoms with Gasteiger partial charge in [0.15, 0.2) is 6.04 Å². The lowest BCUT2D eigenvalue weighted by Gasteiger charge is -2.16. The molecule has 6 nitrogen and oxygen atoms in total. The van der Waals surface area contributed by atoms with Crippen LogP contribution in [0.15, 0.2) is 35.0 Å². The third kappa shape index (κ3) is 5.38. The summed E-state index contributed by atoms with van der Waals surface area (Å²) in [6.45, 7) is 1.82. The lowest BCUT2D eigenvalue weighted by Crippen LogP contribution is -2.34. The Morgan fingerprint density at radius 3 is 2.65 bits per heavy atom. The second kappa shape index (κ2) is 9.10. The van der Waals surface area contributed by atoms with Gasteiger partial charge in [0.05, 0.1) is 0 Å². The van der Waals surface area contributed by atoms with Crippen molar-refractivity contribution in [3.63, 3.8) is 0 Å². The first-order chi connectivity index (χ1) is 12.4. The number of benzene rings is 1. The van der Waals surface area contributed by atoms with Crippen LogP contribution < -0.4 is 10.6 Å². The first-order valence-electron chi connectivity index (χ1n) is 7.97. The Morgan fingerprint density at radius 1 is 1.27 bits per heavy atom. The van der Waals surface area contributed by atoms with Crippen LogP contribution >= 0.6 is 11.3 Å². The standard InChI is InChI=1S/C18H19FN2O4S/c1-11-9-12(4-5-14(11)19)16(18(24)25)21-15(22)3-2-7-20-17(23)13-6-8-26-10-13/h4-6,8-10,16H,2-3,7H2,1H3,(H,20,23)(H,21,22)(H,24,25). The van der Waals surface area contributed by atoms with Gasteiger partial charge >= 0.3 is 5.97 Å². The molecule has 0 radical (unpaired) electrons. The van der Waals surface area contributed by atoms with Crippen molar-refractivity contribution in [2.45, 2.75) is 25.8 Å². The number of amides is 2. The maximum atomic E-state index is 13.3. The number of rotatable bonds is 8. The summed E-state index contributed by atoms with van der Waals surface area (Å²) < 4.78 is 13.3. The monoisotopic (exact) mass is 378 g/mol. The van der Waals surface area contributed by atoms with Gasteiger partial charge in [-0.15, -0.1) is 0 Å². The van der Waals surface area contributed by atoms with Gasteiger partial charge in [-0.25, -0.2) is 9.18 Å². The summed E-state index contributed by atoms with van der Waals surface area (Å²) in [6, 6.07) is 4.36. The minimum Gasteiger partial charge on any atom is -0.479 e. The molecule has 3 N–H and O–H groups in total. The van der Waals surface area contributed by atoms with Gasteiger partial charge in [0.2, 0.25) is 5.91 Å². The molecule has 1 heterocycles. The van der Waals surface area contributed by atoms with E-state index in [-0.39, 0.29) is 12.3 Å². The highest BCUT2D eigenvalue weighted by molar-refractivity contribution is 7.08. The number of carbonyl (C=O) groups is 3. The summed E-state index contributed by atoms with van der Waals surface area (Å²) in [5.41, 5.74) is 1.17. The molecule has 2 aromatic rings. The molecule has 0 bridgehead atoms. The van der Waals surface area contributed by atoms with E-state index in [4.69, 9.17) is 0 Å². The summed E-state index contributed by atoms with van der Waals surface area (Å²) >= 11 is 1.42. The second-order valence-corrected chi connectivity index (χ2v) is 6.50. The summed E-state index contributed by atoms with van der Waals surface area (Å²) in [7, 11) is 0. The van der Waals surface area contributed by atoms with E-state index in [2.05, 4.69) is 10.6 Å². The van der Waals surface area contributed by atoms with Crippen molar-refractivity contribution in [2.75, 3.05) is 6.54 Å². The molecule has 26 heavy (non-hydrogen) atoms. The van der Waals surface area contributed by atoms with Gasteiger partial charge in [0.25, 0.3) is 5.91 Å². The van der Waals surface area contributed by atoms with Crippen LogP contribution in [-0.2, 0) is 9.59 Å². The molecule has 1 aromatic carbocycles. The fourth-order valence-electron chi connectivity index (χ4n) is 2.31. The van der Waals surface area contributed by atoms with E-state index in [0.29, 0.717) is 29.7 Å². The van der Waals surface area contributed by atoms with Crippen molar-refractivity contribution < 1.29 is 23.9 Å². The van der Waals surface area contributed by atoms with E-state index >= 15 is 0 Å². The van der Waals surface area contributed by atoms with Crippen LogP contribution in [0.5, 0.6) is 0 Å². The molecule has 0 saturated carbocycles. The number of carboxylic acids is 1. The van der Waals surface area contributed by atoms with Gasteiger partial charge in [-0.3, -0.25) is 9.59 Å². The van der Waals surface area contributed by atoms with Crippen LogP contribution in [0.4, 0.5) is 4.39 Å². The molecule has 2 rings (SSSR count). The van der Waals surface area contributed by atoms with Crippen LogP contribution in [-0.4, -0.2) is 29.4 Å². The quantitative estimate of drug-likeness (QED) is 0.616. The highest BCUT2D eigenvalue weighted by Gasteiger charge is 2.22. The molecular weight excluding hydrogens is 359 g/mol. The zero-order chi connectivity index (χ0) is 19.1. The molecule has 0 aliphatic rings. The zero-order valence-corrected chi connectivity index (χ0v) is 14.9. The molecule has 1 unspecified atom stereocenters. The van der Waals surface area contributed by atoms with Crippen molar-refractivity contribution in [3.8, 4) is 0 Å². The number of thiophene rings is 1. The molecule has 0 aliphatic carbocycles. The summed E-state index contributed by atoms with van der Waals surface area (Å²) in [5.74, 6) is -2.33. The average Bonchev–Trinajstić information content (AvgIpc) is 3.13. The van der Waals surface area contributed by atoms with E-state index in [9.17, 15) is 23.9 Å². The topological polar surface area (TPSA) is 95.5 Å². The van der Waals surface area contributed by atoms with E-state index in [1.54, 1.807) is 16.8 Å². The van der Waals surface area contributed by atoms with Gasteiger partial charge in [0, 0.05) is 23.9 Å². The van der Waals surface area contributed by atoms with Gasteiger partial charge in [0.1, 0.15) is 5.82 Å². The SMILES string of the molecule is Cc1cc(C(NC(=O)CCCNC(=O)c2ccsc2)C(=O)O)ccc1F. The largest absolute Gasteiger partial charge is 0.479 e. The second-order valence-electron chi connectivity index (χ2n) is 5.72. The number of halogens is 1. The molecule has 1 aromatic heterocycles. The molecule has 0 spiro atoms. The molecule has 1 atom stereocenters. The van der Waals surface area contributed by atoms with Crippen LogP contribution in [0.2, 0.25) is 0 Å². The molecule has 138 valence electrons. The van der Waals surface area contributed by atoms with Crippen molar-refractivity contribution >= 4 is 29.1 Å². The van der Waals surface area contributed by atoms with Crippen LogP contribution in [0.25, 0.3) is 0 Å². The van der Waals surface area contributed by atoms with E-state index in [1.165, 1.54) is 36.5 Å². The maximum absolute atomic E-state index is 13.3. The first-order valence-corrected chi connectivity index (χ1v) is 8.91. The molecule has 2 amide bonds. The third-order valence-electron chi connectivity index (χ3n) is 3.72. The number of aliphatic carboxylic acids is 1. The minimum absolute atomic E-state index is 0.0634. The van der Waals surface area contributed by atoms with Crippen LogP contribution in [0, 0.1) is 12.7 Å². The van der Waals surface area contributed by atoms with Crippen LogP contribution in [0.3, 0.4) is 0 Å². The molecule has 0 aliphatic heterocycles. The Balaban J connectivity index is 1.83. The van der Waals surface area contributed by atoms with E-state index in [0.717, 1.165) is 0 Å². The first kappa shape index (κ1) is 19.6. The van der Waals surface area contributed by atoms with E-state index < -0.39 is 23.7 Å². The highest BCUT2D eigenvalue weighted by Crippen LogP contribution is 2.17. The van der Waals surface area contributed by atoms with Gasteiger partial charge in [-0.05, 0) is 42.0 Å². The minimum atomic E-state index is -1.25. The Bertz CT molecular complexity index is 792. The molecule has 0 saturated heterocycles. The third-order valence-corrected chi connectivity index (χ3v) is 4.40. The van der Waals surface area contributed by atoms with E-state index in [1.807, 2.05) is 0 Å². The highest BCUT2D eigenvalue weighted by atomic mass is 32.1. The van der Waals surface area contributed by atoms with Crippen molar-refractivity contribution in [1.82, 2.24) is 10.6 Å². The lowest BCUT2D eigenvalue weighted by atomic mass is 10.0. The lowest BCUT2D eigenvalue weighted by molar-refractivity contribution is -0.142. The molecule has 8 heteroatoms. The van der Waals surface area contributed by atoms with Gasteiger partial charge in [-0.1, -0.05) is 12.1 Å². The number of carboxylic acid groups (broad SMARTS) is 1. The molecular formula is C18H19FN2O4S. The number of hydrogen-bond donors (Lipinski definition) is 3. The fourth-order valence-corrected chi connectivity index (χ4v) is 2.95. The smallest absolute Gasteiger partial charge is 0.330 e. The van der Waals surface area contributed by atoms with Gasteiger partial charge in [-0.2, -0.15) is 11.3 Å². The predicted molar refractivity (Wildman–Crippen MR) is 95.5 cm³/mol. The Hall–Kier alpha value is -2.74. The average molecular weight is 378 g/mol. The predicted octanol–water partition coefficient (Wildman–Crippen LogP) is 2.65. The Labute approximate surface area is 154 Å². The number of hydrogen-bond acceptors (Lipinski definition) is 4. The van der Waals surface area contributed by atoms with Crippen LogP contribution in [0.1, 0.15) is 40.4 Å². The van der Waals surface area contributed by atoms with Crippen molar-refractivity contribution in [3.05, 3.63) is 57.5 Å². The Kier molecular flexibility index (Phi) is 6.85. The normalized spacial score (nSPS) is 11.6. The zero-order valence-electron chi connectivity index (χ0n) is 14.1. The molecule has 0 fully saturated rings. The summed E-state index contributed by atoms with van der Waals surface area (Å²) in [6.07, 6.45) is 0.435. The Morgan fingerprint density at radius 2 is 2.04 bits per heavy atom. The van der Waals surface area contributed by atoms with Crippen molar-refractivity contribution in [2.24, 2.45) is 0 Å². The van der Waals surface area contributed by atoms with Crippen molar-refractivity contribution in [1.29, 1.82) is 0 Å². The summed E-state index contributed by atoms with van der Waals surface area (Å²) in [5, 5.41) is 18.0. The van der Waals surface area contributed by atoms with Gasteiger partial charge < -0.3 is 15.7 Å². The number of aryl methyl sites for hydroxylation is 1.